The van der Waals surface area contributed by atoms with E-state index in [0.717, 1.165) is 15.0 Å². The van der Waals surface area contributed by atoms with Gasteiger partial charge < -0.3 is 15.5 Å². The van der Waals surface area contributed by atoms with Crippen molar-refractivity contribution in [1.29, 1.82) is 0 Å². The van der Waals surface area contributed by atoms with Gasteiger partial charge >= 0.3 is 0 Å². The third kappa shape index (κ3) is 3.59. The summed E-state index contributed by atoms with van der Waals surface area (Å²) in [4.78, 5) is 12.8. The molecular weight excluding hydrogens is 310 g/mol. The van der Waals surface area contributed by atoms with E-state index in [9.17, 15) is 15.0 Å². The number of fused-ring (bicyclic) bond motifs is 1. The van der Waals surface area contributed by atoms with Gasteiger partial charge in [-0.25, -0.2) is 0 Å². The molecular formula is C18H17NO3S. The number of aliphatic hydroxyl groups is 2. The van der Waals surface area contributed by atoms with E-state index >= 15 is 0 Å². The lowest BCUT2D eigenvalue weighted by Gasteiger charge is -2.14. The number of aliphatic hydroxyl groups excluding tert-OH is 2. The van der Waals surface area contributed by atoms with Gasteiger partial charge in [-0.1, -0.05) is 48.5 Å². The SMILES string of the molecule is O=C(NC[C@@H](O)c1cc2ccccc2s1)[C@@H](O)c1ccccc1. The molecule has 2 aromatic carbocycles. The highest BCUT2D eigenvalue weighted by molar-refractivity contribution is 7.19. The van der Waals surface area contributed by atoms with Crippen LogP contribution in [-0.2, 0) is 4.79 Å². The maximum Gasteiger partial charge on any atom is 0.253 e. The van der Waals surface area contributed by atoms with Crippen molar-refractivity contribution in [3.63, 3.8) is 0 Å². The molecule has 0 saturated carbocycles. The molecule has 0 aliphatic carbocycles. The molecule has 3 aromatic rings. The molecule has 0 bridgehead atoms. The van der Waals surface area contributed by atoms with E-state index in [1.54, 1.807) is 24.3 Å². The maximum atomic E-state index is 12.0. The van der Waals surface area contributed by atoms with Gasteiger partial charge in [0.15, 0.2) is 6.10 Å². The molecule has 4 nitrogen and oxygen atoms in total. The average molecular weight is 327 g/mol. The van der Waals surface area contributed by atoms with Crippen LogP contribution in [0.1, 0.15) is 22.6 Å². The van der Waals surface area contributed by atoms with Crippen molar-refractivity contribution >= 4 is 27.3 Å². The van der Waals surface area contributed by atoms with Gasteiger partial charge in [-0.05, 0) is 23.1 Å². The molecule has 0 aliphatic rings. The Morgan fingerprint density at radius 2 is 1.74 bits per heavy atom. The van der Waals surface area contributed by atoms with Crippen molar-refractivity contribution in [1.82, 2.24) is 5.32 Å². The molecule has 5 heteroatoms. The summed E-state index contributed by atoms with van der Waals surface area (Å²) in [6, 6.07) is 18.5. The molecule has 1 heterocycles. The van der Waals surface area contributed by atoms with Gasteiger partial charge in [0.05, 0.1) is 0 Å². The Kier molecular flexibility index (Phi) is 4.71. The second kappa shape index (κ2) is 6.91. The first-order valence-electron chi connectivity index (χ1n) is 7.32. The first kappa shape index (κ1) is 15.7. The normalized spacial score (nSPS) is 13.7. The van der Waals surface area contributed by atoms with Crippen LogP contribution in [0.15, 0.2) is 60.7 Å². The molecule has 1 amide bonds. The molecule has 0 radical (unpaired) electrons. The number of carbonyl (C=O) groups is 1. The highest BCUT2D eigenvalue weighted by Crippen LogP contribution is 2.29. The lowest BCUT2D eigenvalue weighted by Crippen LogP contribution is -2.32. The Labute approximate surface area is 138 Å². The summed E-state index contributed by atoms with van der Waals surface area (Å²) in [5.74, 6) is -0.517. The van der Waals surface area contributed by atoms with Gasteiger partial charge in [-0.3, -0.25) is 4.79 Å². The predicted octanol–water partition coefficient (Wildman–Crippen LogP) is 2.78. The van der Waals surface area contributed by atoms with E-state index in [1.807, 2.05) is 36.4 Å². The number of thiophene rings is 1. The standard InChI is InChI=1S/C18H17NO3S/c20-14(16-10-13-8-4-5-9-15(13)23-16)11-19-18(22)17(21)12-6-2-1-3-7-12/h1-10,14,17,20-21H,11H2,(H,19,22)/t14-,17+/m1/s1. The molecule has 3 rings (SSSR count). The zero-order valence-electron chi connectivity index (χ0n) is 12.3. The third-order valence-corrected chi connectivity index (χ3v) is 4.82. The Hall–Kier alpha value is -2.21. The van der Waals surface area contributed by atoms with E-state index in [-0.39, 0.29) is 6.54 Å². The summed E-state index contributed by atoms with van der Waals surface area (Å²) in [5, 5.41) is 23.9. The Balaban J connectivity index is 1.62. The van der Waals surface area contributed by atoms with Crippen LogP contribution in [0.25, 0.3) is 10.1 Å². The summed E-state index contributed by atoms with van der Waals surface area (Å²) < 4.78 is 1.09. The second-order valence-electron chi connectivity index (χ2n) is 5.26. The van der Waals surface area contributed by atoms with Crippen LogP contribution < -0.4 is 5.32 Å². The first-order valence-corrected chi connectivity index (χ1v) is 8.14. The zero-order valence-corrected chi connectivity index (χ0v) is 13.2. The molecule has 3 N–H and O–H groups in total. The van der Waals surface area contributed by atoms with Gasteiger partial charge in [0, 0.05) is 16.1 Å². The summed E-state index contributed by atoms with van der Waals surface area (Å²) in [6.45, 7) is 0.0650. The van der Waals surface area contributed by atoms with Crippen LogP contribution in [-0.4, -0.2) is 22.7 Å². The molecule has 0 fully saturated rings. The molecule has 0 aliphatic heterocycles. The fourth-order valence-corrected chi connectivity index (χ4v) is 3.40. The van der Waals surface area contributed by atoms with Crippen molar-refractivity contribution in [3.8, 4) is 0 Å². The zero-order chi connectivity index (χ0) is 16.2. The van der Waals surface area contributed by atoms with Crippen molar-refractivity contribution in [2.24, 2.45) is 0 Å². The van der Waals surface area contributed by atoms with Crippen LogP contribution in [0, 0.1) is 0 Å². The maximum absolute atomic E-state index is 12.0. The summed E-state index contributed by atoms with van der Waals surface area (Å²) in [7, 11) is 0. The minimum Gasteiger partial charge on any atom is -0.386 e. The third-order valence-electron chi connectivity index (χ3n) is 3.61. The highest BCUT2D eigenvalue weighted by Gasteiger charge is 2.19. The molecule has 118 valence electrons. The highest BCUT2D eigenvalue weighted by atomic mass is 32.1. The fourth-order valence-electron chi connectivity index (χ4n) is 2.35. The van der Waals surface area contributed by atoms with E-state index < -0.39 is 18.1 Å². The Bertz CT molecular complexity index is 767. The molecule has 2 atom stereocenters. The predicted molar refractivity (Wildman–Crippen MR) is 91.2 cm³/mol. The lowest BCUT2D eigenvalue weighted by molar-refractivity contribution is -0.130. The van der Waals surface area contributed by atoms with E-state index in [4.69, 9.17) is 0 Å². The van der Waals surface area contributed by atoms with Crippen LogP contribution in [0.3, 0.4) is 0 Å². The minimum atomic E-state index is -1.23. The monoisotopic (exact) mass is 327 g/mol. The largest absolute Gasteiger partial charge is 0.386 e. The van der Waals surface area contributed by atoms with Crippen molar-refractivity contribution in [2.45, 2.75) is 12.2 Å². The van der Waals surface area contributed by atoms with Crippen LogP contribution >= 0.6 is 11.3 Å². The van der Waals surface area contributed by atoms with Crippen LogP contribution in [0.5, 0.6) is 0 Å². The van der Waals surface area contributed by atoms with Crippen LogP contribution in [0.4, 0.5) is 0 Å². The topological polar surface area (TPSA) is 69.6 Å². The average Bonchev–Trinajstić information content (AvgIpc) is 3.03. The van der Waals surface area contributed by atoms with Crippen molar-refractivity contribution in [3.05, 3.63) is 71.1 Å². The Morgan fingerprint density at radius 1 is 1.04 bits per heavy atom. The molecule has 1 aromatic heterocycles. The molecule has 0 unspecified atom stereocenters. The van der Waals surface area contributed by atoms with Gasteiger partial charge in [0.1, 0.15) is 6.10 Å². The number of hydrogen-bond acceptors (Lipinski definition) is 4. The second-order valence-corrected chi connectivity index (χ2v) is 6.38. The number of rotatable bonds is 5. The van der Waals surface area contributed by atoms with Crippen LogP contribution in [0.2, 0.25) is 0 Å². The quantitative estimate of drug-likeness (QED) is 0.675. The van der Waals surface area contributed by atoms with Gasteiger partial charge in [0.2, 0.25) is 0 Å². The Morgan fingerprint density at radius 3 is 2.48 bits per heavy atom. The number of carbonyl (C=O) groups excluding carboxylic acids is 1. The van der Waals surface area contributed by atoms with Gasteiger partial charge in [-0.15, -0.1) is 11.3 Å². The first-order chi connectivity index (χ1) is 11.1. The van der Waals surface area contributed by atoms with Crippen molar-refractivity contribution in [2.75, 3.05) is 6.54 Å². The summed E-state index contributed by atoms with van der Waals surface area (Å²) >= 11 is 1.50. The number of amides is 1. The lowest BCUT2D eigenvalue weighted by atomic mass is 10.1. The fraction of sp³-hybridized carbons (Fsp3) is 0.167. The van der Waals surface area contributed by atoms with Gasteiger partial charge in [0.25, 0.3) is 5.91 Å². The van der Waals surface area contributed by atoms with E-state index in [0.29, 0.717) is 5.56 Å². The minimum absolute atomic E-state index is 0.0650. The van der Waals surface area contributed by atoms with Crippen molar-refractivity contribution < 1.29 is 15.0 Å². The molecule has 0 spiro atoms. The van der Waals surface area contributed by atoms with E-state index in [2.05, 4.69) is 5.32 Å². The number of nitrogens with one attached hydrogen (secondary N) is 1. The number of benzene rings is 2. The van der Waals surface area contributed by atoms with Gasteiger partial charge in [-0.2, -0.15) is 0 Å². The summed E-state index contributed by atoms with van der Waals surface area (Å²) in [5.41, 5.74) is 0.529. The summed E-state index contributed by atoms with van der Waals surface area (Å²) in [6.07, 6.45) is -2.02. The number of hydrogen-bond donors (Lipinski definition) is 3. The smallest absolute Gasteiger partial charge is 0.253 e. The molecule has 23 heavy (non-hydrogen) atoms. The van der Waals surface area contributed by atoms with E-state index in [1.165, 1.54) is 11.3 Å². The molecule has 0 saturated heterocycles.